The molecule has 1 aromatic rings. The first-order valence-electron chi connectivity index (χ1n) is 4.67. The minimum absolute atomic E-state index is 0.260. The number of anilines is 1. The van der Waals surface area contributed by atoms with E-state index in [1.807, 2.05) is 0 Å². The van der Waals surface area contributed by atoms with Gasteiger partial charge in [0.1, 0.15) is 11.4 Å². The predicted molar refractivity (Wildman–Crippen MR) is 53.3 cm³/mol. The number of carboxylic acids is 1. The van der Waals surface area contributed by atoms with Gasteiger partial charge in [-0.25, -0.2) is 0 Å². The Hall–Kier alpha value is -2.52. The summed E-state index contributed by atoms with van der Waals surface area (Å²) in [6, 6.07) is 2.26. The number of alkyl halides is 3. The van der Waals surface area contributed by atoms with Crippen LogP contribution in [0, 0.1) is 10.1 Å². The molecule has 10 heteroatoms. The van der Waals surface area contributed by atoms with Gasteiger partial charge in [-0.1, -0.05) is 0 Å². The largest absolute Gasteiger partial charge is 0.573 e. The molecule has 7 nitrogen and oxygen atoms in total. The van der Waals surface area contributed by atoms with Crippen molar-refractivity contribution in [3.05, 3.63) is 28.3 Å². The second-order valence-electron chi connectivity index (χ2n) is 3.21. The lowest BCUT2D eigenvalue weighted by Gasteiger charge is -2.11. The van der Waals surface area contributed by atoms with Crippen molar-refractivity contribution < 1.29 is 32.7 Å². The highest BCUT2D eigenvalue weighted by molar-refractivity contribution is 5.73. The number of halogens is 3. The molecule has 19 heavy (non-hydrogen) atoms. The maximum absolute atomic E-state index is 11.9. The Morgan fingerprint density at radius 3 is 2.53 bits per heavy atom. The lowest BCUT2D eigenvalue weighted by molar-refractivity contribution is -0.384. The van der Waals surface area contributed by atoms with E-state index in [1.165, 1.54) is 0 Å². The quantitative estimate of drug-likeness (QED) is 0.627. The van der Waals surface area contributed by atoms with Gasteiger partial charge in [-0.15, -0.1) is 13.2 Å². The number of carbonyl (C=O) groups is 1. The smallest absolute Gasteiger partial charge is 0.548 e. The van der Waals surface area contributed by atoms with Crippen molar-refractivity contribution in [3.8, 4) is 5.75 Å². The molecule has 0 heterocycles. The summed E-state index contributed by atoms with van der Waals surface area (Å²) in [5.74, 6) is -2.30. The number of hydrogen-bond donors (Lipinski definition) is 1. The van der Waals surface area contributed by atoms with E-state index in [0.29, 0.717) is 6.07 Å². The monoisotopic (exact) mass is 279 g/mol. The minimum atomic E-state index is -4.98. The molecule has 0 unspecified atom stereocenters. The fourth-order valence-corrected chi connectivity index (χ4v) is 1.18. The number of benzene rings is 1. The number of hydrogen-bond acceptors (Lipinski definition) is 6. The average Bonchev–Trinajstić information content (AvgIpc) is 2.24. The summed E-state index contributed by atoms with van der Waals surface area (Å²) in [6.07, 6.45) is -4.98. The predicted octanol–water partition coefficient (Wildman–Crippen LogP) is 0.655. The summed E-state index contributed by atoms with van der Waals surface area (Å²) in [5.41, 5.74) is -1.01. The van der Waals surface area contributed by atoms with Crippen LogP contribution in [0.2, 0.25) is 0 Å². The van der Waals surface area contributed by atoms with Crippen LogP contribution in [0.25, 0.3) is 0 Å². The number of nitrogens with one attached hydrogen (secondary N) is 1. The molecule has 0 saturated carbocycles. The van der Waals surface area contributed by atoms with E-state index >= 15 is 0 Å². The second-order valence-corrected chi connectivity index (χ2v) is 3.21. The summed E-state index contributed by atoms with van der Waals surface area (Å²) in [6.45, 7) is -0.722. The lowest BCUT2D eigenvalue weighted by atomic mass is 10.2. The van der Waals surface area contributed by atoms with Crippen molar-refractivity contribution in [1.29, 1.82) is 0 Å². The van der Waals surface area contributed by atoms with Gasteiger partial charge in [0.25, 0.3) is 5.69 Å². The number of nitro benzene ring substituents is 1. The SMILES string of the molecule is O=C([O-])CNc1ccc(OC(F)(F)F)cc1[N+](=O)[O-]. The molecule has 0 atom stereocenters. The zero-order valence-electron chi connectivity index (χ0n) is 9.06. The van der Waals surface area contributed by atoms with Gasteiger partial charge in [-0.05, 0) is 12.1 Å². The first kappa shape index (κ1) is 14.5. The number of carbonyl (C=O) groups excluding carboxylic acids is 1. The van der Waals surface area contributed by atoms with Crippen LogP contribution in [0.1, 0.15) is 0 Å². The van der Waals surface area contributed by atoms with E-state index in [-0.39, 0.29) is 5.69 Å². The van der Waals surface area contributed by atoms with Crippen LogP contribution in [-0.4, -0.2) is 23.8 Å². The molecule has 0 fully saturated rings. The number of ether oxygens (including phenoxy) is 1. The zero-order chi connectivity index (χ0) is 14.6. The number of nitro groups is 1. The minimum Gasteiger partial charge on any atom is -0.548 e. The summed E-state index contributed by atoms with van der Waals surface area (Å²) >= 11 is 0. The average molecular weight is 279 g/mol. The molecule has 0 aliphatic heterocycles. The highest BCUT2D eigenvalue weighted by Gasteiger charge is 2.32. The Morgan fingerprint density at radius 2 is 2.05 bits per heavy atom. The van der Waals surface area contributed by atoms with Gasteiger partial charge in [0, 0.05) is 0 Å². The van der Waals surface area contributed by atoms with Gasteiger partial charge in [-0.3, -0.25) is 10.1 Å². The van der Waals surface area contributed by atoms with Gasteiger partial charge >= 0.3 is 6.36 Å². The standard InChI is InChI=1S/C9H7F3N2O5/c10-9(11,12)19-5-1-2-6(13-4-8(15)16)7(3-5)14(17)18/h1-3,13H,4H2,(H,15,16)/p-1. The highest BCUT2D eigenvalue weighted by Crippen LogP contribution is 2.31. The third-order valence-corrected chi connectivity index (χ3v) is 1.82. The van der Waals surface area contributed by atoms with E-state index < -0.39 is 35.2 Å². The van der Waals surface area contributed by atoms with Gasteiger partial charge in [0.15, 0.2) is 0 Å². The maximum Gasteiger partial charge on any atom is 0.573 e. The van der Waals surface area contributed by atoms with E-state index in [4.69, 9.17) is 0 Å². The van der Waals surface area contributed by atoms with Crippen LogP contribution >= 0.6 is 0 Å². The zero-order valence-corrected chi connectivity index (χ0v) is 9.06. The highest BCUT2D eigenvalue weighted by atomic mass is 19.4. The maximum atomic E-state index is 11.9. The lowest BCUT2D eigenvalue weighted by Crippen LogP contribution is -2.30. The Kier molecular flexibility index (Phi) is 4.14. The van der Waals surface area contributed by atoms with Crippen molar-refractivity contribution in [3.63, 3.8) is 0 Å². The van der Waals surface area contributed by atoms with Crippen molar-refractivity contribution >= 4 is 17.3 Å². The molecule has 0 aliphatic rings. The Morgan fingerprint density at radius 1 is 1.42 bits per heavy atom. The van der Waals surface area contributed by atoms with Crippen LogP contribution in [0.5, 0.6) is 5.75 Å². The van der Waals surface area contributed by atoms with Crippen molar-refractivity contribution in [2.45, 2.75) is 6.36 Å². The fourth-order valence-electron chi connectivity index (χ4n) is 1.18. The molecular weight excluding hydrogens is 273 g/mol. The molecule has 0 amide bonds. The van der Waals surface area contributed by atoms with Crippen LogP contribution in [0.4, 0.5) is 24.5 Å². The van der Waals surface area contributed by atoms with Crippen LogP contribution in [0.3, 0.4) is 0 Å². The fraction of sp³-hybridized carbons (Fsp3) is 0.222. The third kappa shape index (κ3) is 4.69. The van der Waals surface area contributed by atoms with Crippen molar-refractivity contribution in [2.24, 2.45) is 0 Å². The van der Waals surface area contributed by atoms with Gasteiger partial charge in [0.2, 0.25) is 0 Å². The molecule has 0 saturated heterocycles. The van der Waals surface area contributed by atoms with Gasteiger partial charge in [-0.2, -0.15) is 0 Å². The summed E-state index contributed by atoms with van der Waals surface area (Å²) < 4.78 is 39.3. The Bertz CT molecular complexity index is 503. The van der Waals surface area contributed by atoms with Gasteiger partial charge < -0.3 is 20.0 Å². The molecule has 1 rings (SSSR count). The summed E-state index contributed by atoms with van der Waals surface area (Å²) in [5, 5.41) is 23.0. The van der Waals surface area contributed by atoms with Crippen molar-refractivity contribution in [2.75, 3.05) is 11.9 Å². The number of nitrogens with zero attached hydrogens (tertiary/aromatic N) is 1. The number of carboxylic acid groups (broad SMARTS) is 1. The van der Waals surface area contributed by atoms with Crippen LogP contribution < -0.4 is 15.2 Å². The molecule has 0 bridgehead atoms. The molecule has 0 radical (unpaired) electrons. The molecular formula is C9H6F3N2O5-. The topological polar surface area (TPSA) is 105 Å². The molecule has 0 spiro atoms. The first-order chi connectivity index (χ1) is 8.69. The van der Waals surface area contributed by atoms with Gasteiger partial charge in [0.05, 0.1) is 23.5 Å². The van der Waals surface area contributed by atoms with Crippen molar-refractivity contribution in [1.82, 2.24) is 0 Å². The number of aliphatic carboxylic acids is 1. The normalized spacial score (nSPS) is 10.9. The molecule has 1 N–H and O–H groups in total. The first-order valence-corrected chi connectivity index (χ1v) is 4.67. The molecule has 0 aliphatic carbocycles. The van der Waals surface area contributed by atoms with E-state index in [9.17, 15) is 33.2 Å². The molecule has 0 aromatic heterocycles. The van der Waals surface area contributed by atoms with Crippen LogP contribution in [0.15, 0.2) is 18.2 Å². The Balaban J connectivity index is 3.01. The second kappa shape index (κ2) is 5.42. The Labute approximate surface area is 103 Å². The van der Waals surface area contributed by atoms with E-state index in [0.717, 1.165) is 12.1 Å². The molecule has 104 valence electrons. The van der Waals surface area contributed by atoms with E-state index in [1.54, 1.807) is 0 Å². The summed E-state index contributed by atoms with van der Waals surface area (Å²) in [4.78, 5) is 19.9. The third-order valence-electron chi connectivity index (χ3n) is 1.82. The number of rotatable bonds is 5. The van der Waals surface area contributed by atoms with Crippen LogP contribution in [-0.2, 0) is 4.79 Å². The molecule has 1 aromatic carbocycles. The summed E-state index contributed by atoms with van der Waals surface area (Å²) in [7, 11) is 0. The van der Waals surface area contributed by atoms with E-state index in [2.05, 4.69) is 10.1 Å².